The number of nitrogens with one attached hydrogen (secondary N) is 3. The Labute approximate surface area is 197 Å². The molecule has 176 valence electrons. The second kappa shape index (κ2) is 12.0. The number of carbonyl (C=O) groups excluding carboxylic acids is 3. The van der Waals surface area contributed by atoms with Crippen molar-refractivity contribution in [2.24, 2.45) is 0 Å². The third kappa shape index (κ3) is 6.55. The Hall–Kier alpha value is -4.40. The topological polar surface area (TPSA) is 119 Å². The maximum Gasteiger partial charge on any atom is 0.269 e. The van der Waals surface area contributed by atoms with Crippen LogP contribution in [0.1, 0.15) is 50.8 Å². The van der Waals surface area contributed by atoms with Crippen LogP contribution in [-0.4, -0.2) is 36.4 Å². The maximum absolute atomic E-state index is 12.5. The molecule has 34 heavy (non-hydrogen) atoms. The molecule has 0 saturated heterocycles. The van der Waals surface area contributed by atoms with Crippen LogP contribution < -0.4 is 25.6 Å². The molecule has 0 bridgehead atoms. The fraction of sp³-hybridized carbons (Fsp3) is 0.200. The summed E-state index contributed by atoms with van der Waals surface area (Å²) in [6.45, 7) is 2.62. The molecule has 0 aliphatic heterocycles. The highest BCUT2D eigenvalue weighted by molar-refractivity contribution is 6.05. The number of nitrogens with zero attached hydrogens (tertiary/aromatic N) is 1. The number of rotatable bonds is 9. The molecule has 0 atom stereocenters. The van der Waals surface area contributed by atoms with Crippen LogP contribution in [0.4, 0.5) is 5.69 Å². The molecule has 0 aliphatic carbocycles. The molecule has 0 fully saturated rings. The summed E-state index contributed by atoms with van der Waals surface area (Å²) in [4.78, 5) is 41.2. The fourth-order valence-corrected chi connectivity index (χ4v) is 2.95. The SMILES string of the molecule is CCCCOc1ccc(C(=O)NNC(=O)c2cccc(NC(=O)c3cccnc3)c2)cc1OC. The van der Waals surface area contributed by atoms with Gasteiger partial charge in [-0.1, -0.05) is 19.4 Å². The first-order valence-electron chi connectivity index (χ1n) is 10.7. The summed E-state index contributed by atoms with van der Waals surface area (Å²) in [6.07, 6.45) is 4.93. The van der Waals surface area contributed by atoms with Gasteiger partial charge in [-0.15, -0.1) is 0 Å². The number of amides is 3. The van der Waals surface area contributed by atoms with E-state index < -0.39 is 11.8 Å². The van der Waals surface area contributed by atoms with Crippen molar-refractivity contribution in [3.05, 3.63) is 83.7 Å². The molecule has 3 rings (SSSR count). The van der Waals surface area contributed by atoms with E-state index in [0.29, 0.717) is 29.4 Å². The van der Waals surface area contributed by atoms with Gasteiger partial charge in [0.15, 0.2) is 11.5 Å². The molecule has 9 heteroatoms. The molecule has 9 nitrogen and oxygen atoms in total. The highest BCUT2D eigenvalue weighted by atomic mass is 16.5. The van der Waals surface area contributed by atoms with Crippen molar-refractivity contribution >= 4 is 23.4 Å². The lowest BCUT2D eigenvalue weighted by atomic mass is 10.1. The minimum Gasteiger partial charge on any atom is -0.493 e. The molecule has 0 saturated carbocycles. The van der Waals surface area contributed by atoms with Crippen molar-refractivity contribution in [3.8, 4) is 11.5 Å². The summed E-state index contributed by atoms with van der Waals surface area (Å²) in [6, 6.07) is 14.4. The Balaban J connectivity index is 1.59. The van der Waals surface area contributed by atoms with E-state index in [0.717, 1.165) is 12.8 Å². The second-order valence-electron chi connectivity index (χ2n) is 7.25. The highest BCUT2D eigenvalue weighted by Gasteiger charge is 2.14. The van der Waals surface area contributed by atoms with Crippen LogP contribution in [0.15, 0.2) is 67.0 Å². The van der Waals surface area contributed by atoms with Crippen LogP contribution in [0.2, 0.25) is 0 Å². The Morgan fingerprint density at radius 1 is 0.853 bits per heavy atom. The molecule has 0 spiro atoms. The Kier molecular flexibility index (Phi) is 8.56. The number of hydrazine groups is 1. The largest absolute Gasteiger partial charge is 0.493 e. The van der Waals surface area contributed by atoms with E-state index in [1.165, 1.54) is 25.4 Å². The molecule has 0 radical (unpaired) electrons. The molecule has 3 aromatic rings. The monoisotopic (exact) mass is 462 g/mol. The lowest BCUT2D eigenvalue weighted by Gasteiger charge is -2.13. The summed E-state index contributed by atoms with van der Waals surface area (Å²) >= 11 is 0. The van der Waals surface area contributed by atoms with Gasteiger partial charge in [0.1, 0.15) is 0 Å². The van der Waals surface area contributed by atoms with E-state index in [1.54, 1.807) is 48.7 Å². The number of pyridine rings is 1. The Morgan fingerprint density at radius 2 is 1.59 bits per heavy atom. The lowest BCUT2D eigenvalue weighted by Crippen LogP contribution is -2.41. The number of carbonyl (C=O) groups is 3. The summed E-state index contributed by atoms with van der Waals surface area (Å²) in [5, 5.41) is 2.71. The molecule has 0 aliphatic rings. The van der Waals surface area contributed by atoms with Crippen LogP contribution in [0.3, 0.4) is 0 Å². The zero-order valence-corrected chi connectivity index (χ0v) is 19.0. The highest BCUT2D eigenvalue weighted by Crippen LogP contribution is 2.28. The van der Waals surface area contributed by atoms with Crippen molar-refractivity contribution in [2.75, 3.05) is 19.0 Å². The van der Waals surface area contributed by atoms with Crippen molar-refractivity contribution in [1.29, 1.82) is 0 Å². The summed E-state index contributed by atoms with van der Waals surface area (Å²) in [7, 11) is 1.49. The van der Waals surface area contributed by atoms with Gasteiger partial charge in [-0.05, 0) is 55.0 Å². The summed E-state index contributed by atoms with van der Waals surface area (Å²) in [5.41, 5.74) is 6.10. The number of benzene rings is 2. The number of methoxy groups -OCH3 is 1. The van der Waals surface area contributed by atoms with E-state index in [9.17, 15) is 14.4 Å². The quantitative estimate of drug-likeness (QED) is 0.330. The maximum atomic E-state index is 12.5. The van der Waals surface area contributed by atoms with Crippen LogP contribution in [0.25, 0.3) is 0 Å². The van der Waals surface area contributed by atoms with Gasteiger partial charge < -0.3 is 14.8 Å². The number of anilines is 1. The zero-order valence-electron chi connectivity index (χ0n) is 19.0. The first-order valence-corrected chi connectivity index (χ1v) is 10.7. The van der Waals surface area contributed by atoms with E-state index in [1.807, 2.05) is 0 Å². The van der Waals surface area contributed by atoms with Gasteiger partial charge in [0.05, 0.1) is 19.3 Å². The molecular formula is C25H26N4O5. The Morgan fingerprint density at radius 3 is 2.26 bits per heavy atom. The average Bonchev–Trinajstić information content (AvgIpc) is 2.88. The summed E-state index contributed by atoms with van der Waals surface area (Å²) < 4.78 is 11.0. The molecule has 1 aromatic heterocycles. The van der Waals surface area contributed by atoms with Crippen LogP contribution in [0, 0.1) is 0 Å². The standard InChI is InChI=1S/C25H26N4O5/c1-3-4-13-34-21-11-10-18(15-22(21)33-2)25(32)29-28-24(31)17-7-5-9-20(14-17)27-23(30)19-8-6-12-26-16-19/h5-12,14-16H,3-4,13H2,1-2H3,(H,27,30)(H,28,31)(H,29,32). The van der Waals surface area contributed by atoms with Crippen LogP contribution in [-0.2, 0) is 0 Å². The third-order valence-electron chi connectivity index (χ3n) is 4.78. The number of hydrogen-bond acceptors (Lipinski definition) is 6. The predicted octanol–water partition coefficient (Wildman–Crippen LogP) is 3.60. The van der Waals surface area contributed by atoms with Gasteiger partial charge in [-0.2, -0.15) is 0 Å². The van der Waals surface area contributed by atoms with Gasteiger partial charge in [-0.3, -0.25) is 30.2 Å². The molecular weight excluding hydrogens is 436 g/mol. The number of unbranched alkanes of at least 4 members (excludes halogenated alkanes) is 1. The fourth-order valence-electron chi connectivity index (χ4n) is 2.95. The first kappa shape index (κ1) is 24.2. The average molecular weight is 463 g/mol. The number of ether oxygens (including phenoxy) is 2. The van der Waals surface area contributed by atoms with Gasteiger partial charge in [0.25, 0.3) is 17.7 Å². The first-order chi connectivity index (χ1) is 16.5. The minimum absolute atomic E-state index is 0.251. The summed E-state index contributed by atoms with van der Waals surface area (Å²) in [5.74, 6) is -0.450. The van der Waals surface area contributed by atoms with Gasteiger partial charge >= 0.3 is 0 Å². The smallest absolute Gasteiger partial charge is 0.269 e. The van der Waals surface area contributed by atoms with E-state index in [-0.39, 0.29) is 17.0 Å². The third-order valence-corrected chi connectivity index (χ3v) is 4.78. The Bertz CT molecular complexity index is 1150. The molecule has 3 N–H and O–H groups in total. The van der Waals surface area contributed by atoms with Gasteiger partial charge in [-0.25, -0.2) is 0 Å². The lowest BCUT2D eigenvalue weighted by molar-refractivity contribution is 0.0846. The molecule has 0 unspecified atom stereocenters. The molecule has 2 aromatic carbocycles. The van der Waals surface area contributed by atoms with Crippen LogP contribution >= 0.6 is 0 Å². The molecule has 3 amide bonds. The van der Waals surface area contributed by atoms with Crippen molar-refractivity contribution in [3.63, 3.8) is 0 Å². The van der Waals surface area contributed by atoms with E-state index in [4.69, 9.17) is 9.47 Å². The second-order valence-corrected chi connectivity index (χ2v) is 7.25. The van der Waals surface area contributed by atoms with Gasteiger partial charge in [0, 0.05) is 29.2 Å². The van der Waals surface area contributed by atoms with Crippen LogP contribution in [0.5, 0.6) is 11.5 Å². The van der Waals surface area contributed by atoms with Crippen molar-refractivity contribution in [2.45, 2.75) is 19.8 Å². The predicted molar refractivity (Wildman–Crippen MR) is 127 cm³/mol. The number of aromatic nitrogens is 1. The normalized spacial score (nSPS) is 10.2. The van der Waals surface area contributed by atoms with Crippen molar-refractivity contribution < 1.29 is 23.9 Å². The minimum atomic E-state index is -0.544. The van der Waals surface area contributed by atoms with Gasteiger partial charge in [0.2, 0.25) is 0 Å². The van der Waals surface area contributed by atoms with E-state index >= 15 is 0 Å². The van der Waals surface area contributed by atoms with Crippen molar-refractivity contribution in [1.82, 2.24) is 15.8 Å². The van der Waals surface area contributed by atoms with E-state index in [2.05, 4.69) is 28.1 Å². The molecule has 1 heterocycles. The number of hydrogen-bond donors (Lipinski definition) is 3. The zero-order chi connectivity index (χ0) is 24.3.